The lowest BCUT2D eigenvalue weighted by Crippen LogP contribution is -2.05. The van der Waals surface area contributed by atoms with Crippen molar-refractivity contribution in [2.45, 2.75) is 10.4 Å². The molecule has 1 heterocycles. The largest absolute Gasteiger partial charge is 0.446 e. The van der Waals surface area contributed by atoms with Crippen molar-refractivity contribution in [1.82, 2.24) is 9.97 Å². The first-order chi connectivity index (χ1) is 10.9. The molecule has 2 N–H and O–H groups in total. The van der Waals surface area contributed by atoms with Gasteiger partial charge >= 0.3 is 5.51 Å². The zero-order valence-electron chi connectivity index (χ0n) is 11.5. The predicted molar refractivity (Wildman–Crippen MR) is 88.7 cm³/mol. The van der Waals surface area contributed by atoms with Crippen molar-refractivity contribution in [2.75, 3.05) is 17.2 Å². The number of terminal acetylenes is 1. The molecule has 23 heavy (non-hydrogen) atoms. The van der Waals surface area contributed by atoms with Gasteiger partial charge in [-0.1, -0.05) is 12.0 Å². The van der Waals surface area contributed by atoms with Gasteiger partial charge in [-0.25, -0.2) is 4.98 Å². The van der Waals surface area contributed by atoms with Gasteiger partial charge in [-0.3, -0.25) is 0 Å². The zero-order chi connectivity index (χ0) is 16.9. The molecule has 4 nitrogen and oxygen atoms in total. The third kappa shape index (κ3) is 5.65. The van der Waals surface area contributed by atoms with Gasteiger partial charge in [0.2, 0.25) is 5.95 Å². The number of aromatic nitrogens is 2. The van der Waals surface area contributed by atoms with E-state index in [1.165, 1.54) is 24.4 Å². The Morgan fingerprint density at radius 1 is 1.35 bits per heavy atom. The second-order valence-electron chi connectivity index (χ2n) is 4.15. The van der Waals surface area contributed by atoms with Gasteiger partial charge in [-0.15, -0.1) is 6.42 Å². The summed E-state index contributed by atoms with van der Waals surface area (Å²) in [6.45, 7) is 0.284. The fourth-order valence-electron chi connectivity index (χ4n) is 1.59. The number of hydrogen-bond acceptors (Lipinski definition) is 5. The van der Waals surface area contributed by atoms with Crippen molar-refractivity contribution in [2.24, 2.45) is 0 Å². The van der Waals surface area contributed by atoms with Crippen LogP contribution in [-0.2, 0) is 0 Å². The van der Waals surface area contributed by atoms with Crippen LogP contribution in [0.2, 0.25) is 0 Å². The number of benzene rings is 1. The van der Waals surface area contributed by atoms with Crippen molar-refractivity contribution in [3.05, 3.63) is 34.9 Å². The van der Waals surface area contributed by atoms with E-state index >= 15 is 0 Å². The van der Waals surface area contributed by atoms with Gasteiger partial charge in [0.15, 0.2) is 0 Å². The van der Waals surface area contributed by atoms with Crippen molar-refractivity contribution in [3.63, 3.8) is 0 Å². The van der Waals surface area contributed by atoms with Crippen molar-refractivity contribution < 1.29 is 13.2 Å². The smallest absolute Gasteiger partial charge is 0.358 e. The van der Waals surface area contributed by atoms with E-state index in [-0.39, 0.29) is 29.2 Å². The molecule has 0 aliphatic rings. The minimum atomic E-state index is -4.33. The van der Waals surface area contributed by atoms with Crippen molar-refractivity contribution >= 4 is 45.1 Å². The summed E-state index contributed by atoms with van der Waals surface area (Å²) in [6.07, 6.45) is 6.69. The first-order valence-electron chi connectivity index (χ1n) is 6.20. The number of nitrogens with one attached hydrogen (secondary N) is 2. The standard InChI is InChI=1S/C14H10BrF3N4S/c1-2-6-19-12-11(15)8-20-13(22-12)21-9-4-3-5-10(7-9)23-14(16,17)18/h1,3-5,7-8H,6H2,(H2,19,20,21,22). The quantitative estimate of drug-likeness (QED) is 0.563. The molecule has 9 heteroatoms. The Labute approximate surface area is 143 Å². The highest BCUT2D eigenvalue weighted by Gasteiger charge is 2.29. The van der Waals surface area contributed by atoms with E-state index in [9.17, 15) is 13.2 Å². The van der Waals surface area contributed by atoms with E-state index in [0.29, 0.717) is 16.0 Å². The highest BCUT2D eigenvalue weighted by molar-refractivity contribution is 9.10. The maximum Gasteiger partial charge on any atom is 0.446 e. The Hall–Kier alpha value is -1.92. The summed E-state index contributed by atoms with van der Waals surface area (Å²) in [5.41, 5.74) is -3.89. The van der Waals surface area contributed by atoms with Gasteiger partial charge in [0.05, 0.1) is 11.0 Å². The molecule has 2 rings (SSSR count). The molecule has 0 amide bonds. The summed E-state index contributed by atoms with van der Waals surface area (Å²) >= 11 is 3.10. The Bertz CT molecular complexity index is 731. The molecule has 0 fully saturated rings. The molecule has 0 radical (unpaired) electrons. The van der Waals surface area contributed by atoms with Crippen molar-refractivity contribution in [3.8, 4) is 12.3 Å². The summed E-state index contributed by atoms with van der Waals surface area (Å²) in [7, 11) is 0. The van der Waals surface area contributed by atoms with Crippen LogP contribution in [0.5, 0.6) is 0 Å². The van der Waals surface area contributed by atoms with Crippen LogP contribution in [0.4, 0.5) is 30.6 Å². The fraction of sp³-hybridized carbons (Fsp3) is 0.143. The maximum atomic E-state index is 12.4. The lowest BCUT2D eigenvalue weighted by molar-refractivity contribution is -0.0328. The molecule has 1 aromatic carbocycles. The average Bonchev–Trinajstić information content (AvgIpc) is 2.46. The number of hydrogen-bond donors (Lipinski definition) is 2. The van der Waals surface area contributed by atoms with Crippen LogP contribution in [-0.4, -0.2) is 22.0 Å². The molecule has 0 saturated heterocycles. The third-order valence-corrected chi connectivity index (χ3v) is 3.73. The first kappa shape index (κ1) is 17.4. The molecule has 0 saturated carbocycles. The lowest BCUT2D eigenvalue weighted by atomic mass is 10.3. The molecule has 120 valence electrons. The highest BCUT2D eigenvalue weighted by Crippen LogP contribution is 2.37. The molecule has 0 bridgehead atoms. The number of anilines is 3. The van der Waals surface area contributed by atoms with E-state index in [1.807, 2.05) is 0 Å². The Balaban J connectivity index is 2.16. The first-order valence-corrected chi connectivity index (χ1v) is 7.81. The minimum absolute atomic E-state index is 0.0743. The number of halogens is 4. The van der Waals surface area contributed by atoms with Gasteiger partial charge in [0, 0.05) is 16.8 Å². The van der Waals surface area contributed by atoms with Crippen LogP contribution in [0.3, 0.4) is 0 Å². The molecular formula is C14H10BrF3N4S. The summed E-state index contributed by atoms with van der Waals surface area (Å²) in [4.78, 5) is 8.34. The van der Waals surface area contributed by atoms with Crippen LogP contribution in [0.15, 0.2) is 39.8 Å². The second kappa shape index (κ2) is 7.57. The molecule has 0 atom stereocenters. The Morgan fingerprint density at radius 2 is 2.13 bits per heavy atom. The van der Waals surface area contributed by atoms with Gasteiger partial charge in [-0.2, -0.15) is 18.2 Å². The number of rotatable bonds is 5. The summed E-state index contributed by atoms with van der Waals surface area (Å²) in [6, 6.07) is 5.90. The van der Waals surface area contributed by atoms with Crippen LogP contribution >= 0.6 is 27.7 Å². The summed E-state index contributed by atoms with van der Waals surface area (Å²) < 4.78 is 37.8. The monoisotopic (exact) mass is 402 g/mol. The molecule has 0 aliphatic carbocycles. The van der Waals surface area contributed by atoms with Gasteiger partial charge in [0.25, 0.3) is 0 Å². The highest BCUT2D eigenvalue weighted by atomic mass is 79.9. The molecular weight excluding hydrogens is 393 g/mol. The predicted octanol–water partition coefficient (Wildman–Crippen LogP) is 4.64. The van der Waals surface area contributed by atoms with E-state index in [2.05, 4.69) is 42.5 Å². The maximum absolute atomic E-state index is 12.4. The van der Waals surface area contributed by atoms with Crippen LogP contribution in [0.1, 0.15) is 0 Å². The Morgan fingerprint density at radius 3 is 2.83 bits per heavy atom. The van der Waals surface area contributed by atoms with Gasteiger partial charge in [0.1, 0.15) is 5.82 Å². The Kier molecular flexibility index (Phi) is 5.74. The van der Waals surface area contributed by atoms with Crippen LogP contribution in [0.25, 0.3) is 0 Å². The van der Waals surface area contributed by atoms with E-state index in [0.717, 1.165) is 0 Å². The number of thioether (sulfide) groups is 1. The summed E-state index contributed by atoms with van der Waals surface area (Å²) in [5, 5.41) is 5.76. The lowest BCUT2D eigenvalue weighted by Gasteiger charge is -2.10. The number of alkyl halides is 3. The number of nitrogens with zero attached hydrogens (tertiary/aromatic N) is 2. The topological polar surface area (TPSA) is 49.8 Å². The normalized spacial score (nSPS) is 10.9. The van der Waals surface area contributed by atoms with E-state index < -0.39 is 5.51 Å². The zero-order valence-corrected chi connectivity index (χ0v) is 13.9. The second-order valence-corrected chi connectivity index (χ2v) is 6.14. The minimum Gasteiger partial charge on any atom is -0.358 e. The molecule has 2 aromatic rings. The van der Waals surface area contributed by atoms with E-state index in [1.54, 1.807) is 6.07 Å². The molecule has 0 aliphatic heterocycles. The average molecular weight is 403 g/mol. The van der Waals surface area contributed by atoms with Gasteiger partial charge < -0.3 is 10.6 Å². The van der Waals surface area contributed by atoms with Crippen LogP contribution < -0.4 is 10.6 Å². The summed E-state index contributed by atoms with van der Waals surface area (Å²) in [5.74, 6) is 3.14. The molecule has 0 unspecified atom stereocenters. The van der Waals surface area contributed by atoms with Gasteiger partial charge in [-0.05, 0) is 45.9 Å². The van der Waals surface area contributed by atoms with E-state index in [4.69, 9.17) is 6.42 Å². The SMILES string of the molecule is C#CCNc1nc(Nc2cccc(SC(F)(F)F)c2)ncc1Br. The third-order valence-electron chi connectivity index (χ3n) is 2.43. The van der Waals surface area contributed by atoms with Crippen molar-refractivity contribution in [1.29, 1.82) is 0 Å². The fourth-order valence-corrected chi connectivity index (χ4v) is 2.52. The molecule has 1 aromatic heterocycles. The molecule has 0 spiro atoms. The van der Waals surface area contributed by atoms with Crippen LogP contribution in [0, 0.1) is 12.3 Å².